The summed E-state index contributed by atoms with van der Waals surface area (Å²) in [5.41, 5.74) is 1.52. The summed E-state index contributed by atoms with van der Waals surface area (Å²) in [6, 6.07) is 6.68. The molecule has 0 atom stereocenters. The van der Waals surface area contributed by atoms with Gasteiger partial charge in [-0.2, -0.15) is 0 Å². The van der Waals surface area contributed by atoms with E-state index < -0.39 is 17.2 Å². The second-order valence-corrected chi connectivity index (χ2v) is 7.91. The van der Waals surface area contributed by atoms with Gasteiger partial charge in [0, 0.05) is 36.0 Å². The molecule has 2 heterocycles. The molecule has 0 unspecified atom stereocenters. The van der Waals surface area contributed by atoms with Gasteiger partial charge in [-0.1, -0.05) is 6.07 Å². The van der Waals surface area contributed by atoms with Crippen LogP contribution in [0, 0.1) is 6.92 Å². The number of anilines is 1. The fraction of sp³-hybridized carbons (Fsp3) is 0.348. The van der Waals surface area contributed by atoms with Crippen LogP contribution in [0.25, 0.3) is 11.0 Å². The fourth-order valence-electron chi connectivity index (χ4n) is 3.70. The largest absolute Gasteiger partial charge is 0.352 e. The van der Waals surface area contributed by atoms with E-state index >= 15 is 0 Å². The van der Waals surface area contributed by atoms with Crippen molar-refractivity contribution in [1.82, 2.24) is 19.9 Å². The molecule has 1 fully saturated rings. The number of aromatic nitrogens is 3. The van der Waals surface area contributed by atoms with Crippen LogP contribution in [0.5, 0.6) is 0 Å². The molecular weight excluding hydrogens is 410 g/mol. The molecule has 0 bridgehead atoms. The lowest BCUT2D eigenvalue weighted by molar-refractivity contribution is 0.0954. The third-order valence-electron chi connectivity index (χ3n) is 5.61. The summed E-state index contributed by atoms with van der Waals surface area (Å²) in [5, 5.41) is 5.64. The van der Waals surface area contributed by atoms with E-state index in [1.54, 1.807) is 31.2 Å². The summed E-state index contributed by atoms with van der Waals surface area (Å²) in [6.07, 6.45) is 1.90. The average Bonchev–Trinajstić information content (AvgIpc) is 3.60. The molecule has 2 amide bonds. The van der Waals surface area contributed by atoms with Crippen molar-refractivity contribution in [1.29, 1.82) is 0 Å². The molecule has 0 saturated heterocycles. The van der Waals surface area contributed by atoms with Gasteiger partial charge in [0.05, 0.1) is 10.9 Å². The number of carbonyl (C=O) groups excluding carboxylic acids is 2. The minimum absolute atomic E-state index is 0.0749. The highest BCUT2D eigenvalue weighted by Crippen LogP contribution is 2.40. The van der Waals surface area contributed by atoms with E-state index in [9.17, 15) is 19.2 Å². The zero-order valence-corrected chi connectivity index (χ0v) is 18.2. The Morgan fingerprint density at radius 3 is 2.56 bits per heavy atom. The molecule has 1 aromatic carbocycles. The number of hydrogen-bond acceptors (Lipinski definition) is 5. The molecule has 0 aliphatic heterocycles. The fourth-order valence-corrected chi connectivity index (χ4v) is 3.70. The molecule has 9 nitrogen and oxygen atoms in total. The first-order valence-electron chi connectivity index (χ1n) is 10.7. The number of nitrogens with one attached hydrogen (secondary N) is 3. The van der Waals surface area contributed by atoms with E-state index in [0.717, 1.165) is 18.4 Å². The first-order valence-corrected chi connectivity index (χ1v) is 10.7. The van der Waals surface area contributed by atoms with Crippen LogP contribution in [0.4, 0.5) is 5.69 Å². The van der Waals surface area contributed by atoms with Gasteiger partial charge in [-0.15, -0.1) is 0 Å². The number of pyridine rings is 1. The summed E-state index contributed by atoms with van der Waals surface area (Å²) < 4.78 is 1.36. The molecule has 1 aliphatic carbocycles. The van der Waals surface area contributed by atoms with Gasteiger partial charge in [0.1, 0.15) is 0 Å². The van der Waals surface area contributed by atoms with E-state index in [2.05, 4.69) is 20.6 Å². The number of fused-ring (bicyclic) bond motifs is 1. The van der Waals surface area contributed by atoms with Gasteiger partial charge in [-0.3, -0.25) is 23.9 Å². The van der Waals surface area contributed by atoms with Crippen LogP contribution in [0.1, 0.15) is 64.6 Å². The Kier molecular flexibility index (Phi) is 5.65. The standard InChI is InChI=1S/C23H25N5O4/c1-4-24-20(29)14-7-6-12(3)16(10-14)26-21(30)15-11-17(13-8-9-13)25-19-18(15)22(31)27-23(32)28(19)5-2/h6-7,10-11,13H,4-5,8-9H2,1-3H3,(H,24,29)(H,26,30)(H,27,31,32). The Morgan fingerprint density at radius 2 is 1.91 bits per heavy atom. The minimum Gasteiger partial charge on any atom is -0.352 e. The molecule has 9 heteroatoms. The van der Waals surface area contributed by atoms with E-state index in [0.29, 0.717) is 30.0 Å². The molecule has 3 aromatic rings. The number of aryl methyl sites for hydroxylation is 2. The maximum atomic E-state index is 13.3. The Labute approximate surface area is 183 Å². The van der Waals surface area contributed by atoms with Gasteiger partial charge in [0.15, 0.2) is 5.65 Å². The van der Waals surface area contributed by atoms with Crippen LogP contribution >= 0.6 is 0 Å². The Morgan fingerprint density at radius 1 is 1.16 bits per heavy atom. The van der Waals surface area contributed by atoms with Crippen molar-refractivity contribution in [2.75, 3.05) is 11.9 Å². The normalized spacial score (nSPS) is 13.2. The maximum absolute atomic E-state index is 13.3. The summed E-state index contributed by atoms with van der Waals surface area (Å²) in [6.45, 7) is 6.22. The number of H-pyrrole nitrogens is 1. The summed E-state index contributed by atoms with van der Waals surface area (Å²) in [7, 11) is 0. The van der Waals surface area contributed by atoms with Crippen molar-refractivity contribution in [3.05, 3.63) is 67.5 Å². The average molecular weight is 435 g/mol. The molecule has 32 heavy (non-hydrogen) atoms. The monoisotopic (exact) mass is 435 g/mol. The van der Waals surface area contributed by atoms with Crippen molar-refractivity contribution in [3.63, 3.8) is 0 Å². The van der Waals surface area contributed by atoms with Gasteiger partial charge in [0.2, 0.25) is 0 Å². The van der Waals surface area contributed by atoms with E-state index in [1.807, 2.05) is 13.8 Å². The van der Waals surface area contributed by atoms with Crippen LogP contribution in [-0.4, -0.2) is 32.9 Å². The highest BCUT2D eigenvalue weighted by atomic mass is 16.2. The zero-order valence-electron chi connectivity index (χ0n) is 18.2. The topological polar surface area (TPSA) is 126 Å². The smallest absolute Gasteiger partial charge is 0.329 e. The lowest BCUT2D eigenvalue weighted by Crippen LogP contribution is -2.32. The SMILES string of the molecule is CCNC(=O)c1ccc(C)c(NC(=O)c2cc(C3CC3)nc3c2c(=O)[nH]c(=O)n3CC)c1. The Balaban J connectivity index is 1.83. The predicted octanol–water partition coefficient (Wildman–Crippen LogP) is 2.29. The number of amides is 2. The molecule has 1 aliphatic rings. The second-order valence-electron chi connectivity index (χ2n) is 7.91. The molecular formula is C23H25N5O4. The highest BCUT2D eigenvalue weighted by molar-refractivity contribution is 6.12. The first kappa shape index (κ1) is 21.5. The predicted molar refractivity (Wildman–Crippen MR) is 121 cm³/mol. The van der Waals surface area contributed by atoms with Crippen LogP contribution in [-0.2, 0) is 6.54 Å². The van der Waals surface area contributed by atoms with Crippen molar-refractivity contribution >= 4 is 28.5 Å². The molecule has 166 valence electrons. The molecule has 0 spiro atoms. The first-order chi connectivity index (χ1) is 15.3. The van der Waals surface area contributed by atoms with Crippen LogP contribution in [0.15, 0.2) is 33.9 Å². The van der Waals surface area contributed by atoms with Gasteiger partial charge in [-0.25, -0.2) is 9.78 Å². The summed E-state index contributed by atoms with van der Waals surface area (Å²) >= 11 is 0. The van der Waals surface area contributed by atoms with Gasteiger partial charge in [0.25, 0.3) is 17.4 Å². The Hall–Kier alpha value is -3.75. The molecule has 2 aromatic heterocycles. The second kappa shape index (κ2) is 8.41. The summed E-state index contributed by atoms with van der Waals surface area (Å²) in [5.74, 6) is -0.521. The van der Waals surface area contributed by atoms with E-state index in [-0.39, 0.29) is 28.4 Å². The summed E-state index contributed by atoms with van der Waals surface area (Å²) in [4.78, 5) is 57.4. The molecule has 1 saturated carbocycles. The van der Waals surface area contributed by atoms with Crippen molar-refractivity contribution < 1.29 is 9.59 Å². The van der Waals surface area contributed by atoms with Crippen molar-refractivity contribution in [3.8, 4) is 0 Å². The number of carbonyl (C=O) groups is 2. The molecule has 4 rings (SSSR count). The van der Waals surface area contributed by atoms with Gasteiger partial charge >= 0.3 is 5.69 Å². The Bertz CT molecular complexity index is 1350. The van der Waals surface area contributed by atoms with Crippen molar-refractivity contribution in [2.45, 2.75) is 46.1 Å². The van der Waals surface area contributed by atoms with Gasteiger partial charge < -0.3 is 10.6 Å². The highest BCUT2D eigenvalue weighted by Gasteiger charge is 2.28. The minimum atomic E-state index is -0.650. The number of nitrogens with zero attached hydrogens (tertiary/aromatic N) is 2. The van der Waals surface area contributed by atoms with Crippen molar-refractivity contribution in [2.24, 2.45) is 0 Å². The quantitative estimate of drug-likeness (QED) is 0.548. The number of aromatic amines is 1. The van der Waals surface area contributed by atoms with Gasteiger partial charge in [-0.05, 0) is 57.4 Å². The lowest BCUT2D eigenvalue weighted by Gasteiger charge is -2.14. The maximum Gasteiger partial charge on any atom is 0.329 e. The molecule has 3 N–H and O–H groups in total. The van der Waals surface area contributed by atoms with E-state index in [1.165, 1.54) is 4.57 Å². The molecule has 0 radical (unpaired) electrons. The van der Waals surface area contributed by atoms with Crippen LogP contribution < -0.4 is 21.9 Å². The third-order valence-corrected chi connectivity index (χ3v) is 5.61. The lowest BCUT2D eigenvalue weighted by atomic mass is 10.1. The zero-order chi connectivity index (χ0) is 23.0. The number of hydrogen-bond donors (Lipinski definition) is 3. The number of benzene rings is 1. The number of rotatable bonds is 6. The van der Waals surface area contributed by atoms with E-state index in [4.69, 9.17) is 0 Å². The van der Waals surface area contributed by atoms with Crippen LogP contribution in [0.2, 0.25) is 0 Å². The van der Waals surface area contributed by atoms with Crippen LogP contribution in [0.3, 0.4) is 0 Å². The third kappa shape index (κ3) is 3.93.